The molecule has 1 aliphatic carbocycles. The second-order valence-corrected chi connectivity index (χ2v) is 5.17. The summed E-state index contributed by atoms with van der Waals surface area (Å²) < 4.78 is 0. The van der Waals surface area contributed by atoms with Crippen molar-refractivity contribution in [2.45, 2.75) is 45.6 Å². The number of hydrogen-bond donors (Lipinski definition) is 1. The fraction of sp³-hybridized carbons (Fsp3) is 0.917. The molecule has 1 heterocycles. The molecule has 86 valence electrons. The SMILES string of the molecule is CCC1NCN(CC2CCC(C)C2)C1=O. The zero-order valence-electron chi connectivity index (χ0n) is 9.83. The van der Waals surface area contributed by atoms with Crippen molar-refractivity contribution in [3.8, 4) is 0 Å². The maximum atomic E-state index is 11.9. The quantitative estimate of drug-likeness (QED) is 0.767. The second kappa shape index (κ2) is 4.52. The van der Waals surface area contributed by atoms with Gasteiger partial charge in [-0.3, -0.25) is 10.1 Å². The molecule has 3 heteroatoms. The maximum Gasteiger partial charge on any atom is 0.240 e. The van der Waals surface area contributed by atoms with Crippen LogP contribution in [-0.2, 0) is 4.79 Å². The summed E-state index contributed by atoms with van der Waals surface area (Å²) >= 11 is 0. The van der Waals surface area contributed by atoms with E-state index in [2.05, 4.69) is 19.2 Å². The van der Waals surface area contributed by atoms with E-state index >= 15 is 0 Å². The van der Waals surface area contributed by atoms with Crippen molar-refractivity contribution in [2.75, 3.05) is 13.2 Å². The third-order valence-electron chi connectivity index (χ3n) is 3.83. The highest BCUT2D eigenvalue weighted by molar-refractivity contribution is 5.83. The number of carbonyl (C=O) groups excluding carboxylic acids is 1. The minimum Gasteiger partial charge on any atom is -0.328 e. The summed E-state index contributed by atoms with van der Waals surface area (Å²) in [4.78, 5) is 13.9. The predicted molar refractivity (Wildman–Crippen MR) is 60.3 cm³/mol. The molecule has 0 aromatic heterocycles. The van der Waals surface area contributed by atoms with Crippen LogP contribution in [0.5, 0.6) is 0 Å². The monoisotopic (exact) mass is 210 g/mol. The number of nitrogens with zero attached hydrogens (tertiary/aromatic N) is 1. The first-order chi connectivity index (χ1) is 7.20. The summed E-state index contributed by atoms with van der Waals surface area (Å²) in [6, 6.07) is 0.0869. The van der Waals surface area contributed by atoms with Crippen LogP contribution in [0.3, 0.4) is 0 Å². The van der Waals surface area contributed by atoms with Crippen molar-refractivity contribution in [3.05, 3.63) is 0 Å². The highest BCUT2D eigenvalue weighted by Crippen LogP contribution is 2.31. The fourth-order valence-corrected chi connectivity index (χ4v) is 2.88. The lowest BCUT2D eigenvalue weighted by Gasteiger charge is -2.19. The third-order valence-corrected chi connectivity index (χ3v) is 3.83. The standard InChI is InChI=1S/C12H22N2O/c1-3-11-12(15)14(8-13-11)7-10-5-4-9(2)6-10/h9-11,13H,3-8H2,1-2H3. The lowest BCUT2D eigenvalue weighted by Crippen LogP contribution is -2.33. The molecule has 0 radical (unpaired) electrons. The normalized spacial score (nSPS) is 36.5. The van der Waals surface area contributed by atoms with Gasteiger partial charge in [0.1, 0.15) is 0 Å². The van der Waals surface area contributed by atoms with Crippen molar-refractivity contribution < 1.29 is 4.79 Å². The summed E-state index contributed by atoms with van der Waals surface area (Å²) in [6.07, 6.45) is 4.87. The highest BCUT2D eigenvalue weighted by atomic mass is 16.2. The molecule has 1 saturated carbocycles. The van der Waals surface area contributed by atoms with E-state index in [0.29, 0.717) is 5.91 Å². The summed E-state index contributed by atoms with van der Waals surface area (Å²) in [6.45, 7) is 6.13. The molecule has 0 bridgehead atoms. The summed E-state index contributed by atoms with van der Waals surface area (Å²) in [5.74, 6) is 1.93. The smallest absolute Gasteiger partial charge is 0.240 e. The van der Waals surface area contributed by atoms with Gasteiger partial charge in [-0.25, -0.2) is 0 Å². The molecule has 1 amide bonds. The van der Waals surface area contributed by atoms with E-state index in [4.69, 9.17) is 0 Å². The van der Waals surface area contributed by atoms with Crippen molar-refractivity contribution in [3.63, 3.8) is 0 Å². The van der Waals surface area contributed by atoms with Gasteiger partial charge in [-0.15, -0.1) is 0 Å². The van der Waals surface area contributed by atoms with Crippen molar-refractivity contribution in [2.24, 2.45) is 11.8 Å². The summed E-state index contributed by atoms with van der Waals surface area (Å²) in [5, 5.41) is 3.27. The van der Waals surface area contributed by atoms with Gasteiger partial charge < -0.3 is 4.90 Å². The van der Waals surface area contributed by atoms with Crippen LogP contribution in [0.4, 0.5) is 0 Å². The van der Waals surface area contributed by atoms with E-state index in [0.717, 1.165) is 31.5 Å². The predicted octanol–water partition coefficient (Wildman–Crippen LogP) is 1.59. The molecule has 2 aliphatic rings. The van der Waals surface area contributed by atoms with Crippen molar-refractivity contribution in [1.29, 1.82) is 0 Å². The Hall–Kier alpha value is -0.570. The zero-order valence-corrected chi connectivity index (χ0v) is 9.83. The molecular weight excluding hydrogens is 188 g/mol. The molecular formula is C12H22N2O. The molecule has 3 atom stereocenters. The first kappa shape index (κ1) is 10.9. The van der Waals surface area contributed by atoms with Crippen molar-refractivity contribution >= 4 is 5.91 Å². The van der Waals surface area contributed by atoms with Crippen LogP contribution in [0.25, 0.3) is 0 Å². The van der Waals surface area contributed by atoms with Gasteiger partial charge in [0.05, 0.1) is 12.7 Å². The Kier molecular flexibility index (Phi) is 3.29. The number of nitrogens with one attached hydrogen (secondary N) is 1. The van der Waals surface area contributed by atoms with Gasteiger partial charge in [-0.2, -0.15) is 0 Å². The van der Waals surface area contributed by atoms with Crippen LogP contribution >= 0.6 is 0 Å². The molecule has 1 N–H and O–H groups in total. The Morgan fingerprint density at radius 3 is 2.80 bits per heavy atom. The molecule has 1 aliphatic heterocycles. The molecule has 0 aromatic rings. The first-order valence-electron chi connectivity index (χ1n) is 6.23. The Labute approximate surface area is 92.2 Å². The lowest BCUT2D eigenvalue weighted by atomic mass is 10.1. The number of amides is 1. The van der Waals surface area contributed by atoms with Crippen LogP contribution in [0.15, 0.2) is 0 Å². The topological polar surface area (TPSA) is 32.3 Å². The Balaban J connectivity index is 1.83. The first-order valence-corrected chi connectivity index (χ1v) is 6.23. The van der Waals surface area contributed by atoms with Gasteiger partial charge in [0.15, 0.2) is 0 Å². The second-order valence-electron chi connectivity index (χ2n) is 5.17. The molecule has 3 unspecified atom stereocenters. The van der Waals surface area contributed by atoms with E-state index < -0.39 is 0 Å². The number of hydrogen-bond acceptors (Lipinski definition) is 2. The van der Waals surface area contributed by atoms with E-state index in [1.165, 1.54) is 19.3 Å². The average molecular weight is 210 g/mol. The van der Waals surface area contributed by atoms with Gasteiger partial charge in [0, 0.05) is 6.54 Å². The minimum absolute atomic E-state index is 0.0869. The van der Waals surface area contributed by atoms with Crippen molar-refractivity contribution in [1.82, 2.24) is 10.2 Å². The van der Waals surface area contributed by atoms with Gasteiger partial charge in [-0.1, -0.05) is 20.3 Å². The van der Waals surface area contributed by atoms with Crippen LogP contribution in [-0.4, -0.2) is 30.1 Å². The average Bonchev–Trinajstić information content (AvgIpc) is 2.76. The molecule has 2 fully saturated rings. The van der Waals surface area contributed by atoms with Gasteiger partial charge in [-0.05, 0) is 31.1 Å². The van der Waals surface area contributed by atoms with Crippen LogP contribution < -0.4 is 5.32 Å². The van der Waals surface area contributed by atoms with Gasteiger partial charge in [0.2, 0.25) is 5.91 Å². The molecule has 2 rings (SSSR count). The van der Waals surface area contributed by atoms with Gasteiger partial charge >= 0.3 is 0 Å². The Morgan fingerprint density at radius 2 is 2.27 bits per heavy atom. The van der Waals surface area contributed by atoms with E-state index in [-0.39, 0.29) is 6.04 Å². The molecule has 3 nitrogen and oxygen atoms in total. The Bertz CT molecular complexity index is 242. The van der Waals surface area contributed by atoms with Gasteiger partial charge in [0.25, 0.3) is 0 Å². The third kappa shape index (κ3) is 2.33. The maximum absolute atomic E-state index is 11.9. The van der Waals surface area contributed by atoms with E-state index in [9.17, 15) is 4.79 Å². The minimum atomic E-state index is 0.0869. The van der Waals surface area contributed by atoms with Crippen LogP contribution in [0.1, 0.15) is 39.5 Å². The zero-order chi connectivity index (χ0) is 10.8. The summed E-state index contributed by atoms with van der Waals surface area (Å²) in [7, 11) is 0. The number of carbonyl (C=O) groups is 1. The molecule has 1 saturated heterocycles. The van der Waals surface area contributed by atoms with Crippen LogP contribution in [0, 0.1) is 11.8 Å². The molecule has 15 heavy (non-hydrogen) atoms. The van der Waals surface area contributed by atoms with Crippen LogP contribution in [0.2, 0.25) is 0 Å². The molecule has 0 spiro atoms. The Morgan fingerprint density at radius 1 is 1.47 bits per heavy atom. The highest BCUT2D eigenvalue weighted by Gasteiger charge is 2.32. The largest absolute Gasteiger partial charge is 0.328 e. The summed E-state index contributed by atoms with van der Waals surface area (Å²) in [5.41, 5.74) is 0. The lowest BCUT2D eigenvalue weighted by molar-refractivity contribution is -0.129. The number of rotatable bonds is 3. The van der Waals surface area contributed by atoms with E-state index in [1.807, 2.05) is 4.90 Å². The fourth-order valence-electron chi connectivity index (χ4n) is 2.88. The molecule has 0 aromatic carbocycles. The van der Waals surface area contributed by atoms with E-state index in [1.54, 1.807) is 0 Å².